The molecule has 48 valence electrons. The Morgan fingerprint density at radius 2 is 2.25 bits per heavy atom. The first kappa shape index (κ1) is 8.26. The molecule has 0 atom stereocenters. The minimum absolute atomic E-state index is 0.536. The van der Waals surface area contributed by atoms with Crippen LogP contribution < -0.4 is 0 Å². The van der Waals surface area contributed by atoms with Crippen LogP contribution in [-0.2, 0) is 4.43 Å². The quantitative estimate of drug-likeness (QED) is 0.520. The minimum Gasteiger partial charge on any atom is -0.417 e. The predicted molar refractivity (Wildman–Crippen MR) is 43.9 cm³/mol. The minimum atomic E-state index is -0.720. The van der Waals surface area contributed by atoms with Crippen LogP contribution in [0.3, 0.4) is 0 Å². The SMILES string of the molecule is C[SiH]=CCO[SiH](C)C. The molecule has 0 bridgehead atoms. The van der Waals surface area contributed by atoms with Crippen LogP contribution in [0.4, 0.5) is 0 Å². The van der Waals surface area contributed by atoms with Crippen molar-refractivity contribution in [1.29, 1.82) is 0 Å². The van der Waals surface area contributed by atoms with Gasteiger partial charge < -0.3 is 4.43 Å². The summed E-state index contributed by atoms with van der Waals surface area (Å²) >= 11 is 0. The molecule has 0 rings (SSSR count). The van der Waals surface area contributed by atoms with Crippen LogP contribution in [-0.4, -0.2) is 30.5 Å². The molecule has 0 saturated heterocycles. The summed E-state index contributed by atoms with van der Waals surface area (Å²) in [4.78, 5) is 0. The maximum atomic E-state index is 5.39. The van der Waals surface area contributed by atoms with Crippen LogP contribution in [0.15, 0.2) is 0 Å². The van der Waals surface area contributed by atoms with Gasteiger partial charge in [0.15, 0.2) is 9.04 Å². The fraction of sp³-hybridized carbons (Fsp3) is 0.800. The predicted octanol–water partition coefficient (Wildman–Crippen LogP) is 0.273. The Morgan fingerprint density at radius 1 is 1.62 bits per heavy atom. The molecular formula is C5H14OSi2. The molecule has 0 N–H and O–H groups in total. The largest absolute Gasteiger partial charge is 0.417 e. The van der Waals surface area contributed by atoms with E-state index in [1.807, 2.05) is 0 Å². The van der Waals surface area contributed by atoms with Gasteiger partial charge in [0.1, 0.15) is 0 Å². The van der Waals surface area contributed by atoms with Crippen molar-refractivity contribution in [2.75, 3.05) is 6.61 Å². The van der Waals surface area contributed by atoms with Crippen molar-refractivity contribution >= 4 is 23.8 Å². The molecule has 8 heavy (non-hydrogen) atoms. The number of hydrogen-bond acceptors (Lipinski definition) is 1. The van der Waals surface area contributed by atoms with E-state index >= 15 is 0 Å². The summed E-state index contributed by atoms with van der Waals surface area (Å²) in [5.41, 5.74) is 2.24. The van der Waals surface area contributed by atoms with Crippen LogP contribution >= 0.6 is 0 Å². The van der Waals surface area contributed by atoms with Gasteiger partial charge in [0.25, 0.3) is 0 Å². The van der Waals surface area contributed by atoms with Crippen molar-refractivity contribution in [3.05, 3.63) is 0 Å². The molecule has 0 spiro atoms. The monoisotopic (exact) mass is 146 g/mol. The number of hydrogen-bond donors (Lipinski definition) is 0. The lowest BCUT2D eigenvalue weighted by Gasteiger charge is -2.00. The van der Waals surface area contributed by atoms with Crippen LogP contribution in [0.2, 0.25) is 19.6 Å². The molecule has 1 nitrogen and oxygen atoms in total. The Balaban J connectivity index is 2.93. The van der Waals surface area contributed by atoms with Gasteiger partial charge in [-0.3, -0.25) is 0 Å². The van der Waals surface area contributed by atoms with Gasteiger partial charge in [0, 0.05) is 6.61 Å². The lowest BCUT2D eigenvalue weighted by atomic mass is 10.9. The van der Waals surface area contributed by atoms with Crippen molar-refractivity contribution in [2.24, 2.45) is 0 Å². The summed E-state index contributed by atoms with van der Waals surface area (Å²) in [6.45, 7) is 7.50. The van der Waals surface area contributed by atoms with Crippen molar-refractivity contribution in [1.82, 2.24) is 0 Å². The molecule has 0 aromatic heterocycles. The highest BCUT2D eigenvalue weighted by molar-refractivity contribution is 6.50. The van der Waals surface area contributed by atoms with Crippen molar-refractivity contribution in [3.63, 3.8) is 0 Å². The third-order valence-corrected chi connectivity index (χ3v) is 2.28. The van der Waals surface area contributed by atoms with E-state index in [2.05, 4.69) is 25.3 Å². The average molecular weight is 146 g/mol. The zero-order valence-corrected chi connectivity index (χ0v) is 8.16. The Bertz CT molecular complexity index is 70.8. The highest BCUT2D eigenvalue weighted by atomic mass is 28.3. The van der Waals surface area contributed by atoms with E-state index in [-0.39, 0.29) is 0 Å². The normalized spacial score (nSPS) is 11.5. The first-order chi connectivity index (χ1) is 3.77. The molecule has 0 aliphatic carbocycles. The molecule has 0 aliphatic rings. The van der Waals surface area contributed by atoms with Crippen LogP contribution in [0.5, 0.6) is 0 Å². The molecule has 0 amide bonds. The molecule has 0 aliphatic heterocycles. The topological polar surface area (TPSA) is 9.23 Å². The molecule has 0 aromatic rings. The van der Waals surface area contributed by atoms with Gasteiger partial charge in [0.05, 0.1) is 0 Å². The first-order valence-corrected chi connectivity index (χ1v) is 7.60. The summed E-state index contributed by atoms with van der Waals surface area (Å²) in [5, 5.41) is 0. The maximum Gasteiger partial charge on any atom is 0.171 e. The van der Waals surface area contributed by atoms with Gasteiger partial charge in [-0.1, -0.05) is 12.2 Å². The van der Waals surface area contributed by atoms with Crippen LogP contribution in [0, 0.1) is 0 Å². The van der Waals surface area contributed by atoms with E-state index in [1.54, 1.807) is 0 Å². The molecule has 0 fully saturated rings. The van der Waals surface area contributed by atoms with E-state index < -0.39 is 9.04 Å². The Morgan fingerprint density at radius 3 is 2.62 bits per heavy atom. The molecule has 0 saturated carbocycles. The van der Waals surface area contributed by atoms with Crippen LogP contribution in [0.25, 0.3) is 0 Å². The first-order valence-electron chi connectivity index (χ1n) is 3.00. The maximum absolute atomic E-state index is 5.39. The van der Waals surface area contributed by atoms with Gasteiger partial charge in [-0.2, -0.15) is 0 Å². The second kappa shape index (κ2) is 5.40. The molecular weight excluding hydrogens is 132 g/mol. The lowest BCUT2D eigenvalue weighted by Crippen LogP contribution is -2.09. The van der Waals surface area contributed by atoms with E-state index in [0.717, 1.165) is 6.61 Å². The Kier molecular flexibility index (Phi) is 5.58. The van der Waals surface area contributed by atoms with Gasteiger partial charge in [-0.25, -0.2) is 0 Å². The summed E-state index contributed by atoms with van der Waals surface area (Å²) in [6, 6.07) is 0. The van der Waals surface area contributed by atoms with Gasteiger partial charge >= 0.3 is 0 Å². The van der Waals surface area contributed by atoms with Crippen molar-refractivity contribution in [3.8, 4) is 0 Å². The Labute approximate surface area is 55.2 Å². The summed E-state index contributed by atoms with van der Waals surface area (Å²) < 4.78 is 5.39. The zero-order valence-electron chi connectivity index (χ0n) is 5.85. The van der Waals surface area contributed by atoms with Gasteiger partial charge in [0.2, 0.25) is 0 Å². The lowest BCUT2D eigenvalue weighted by molar-refractivity contribution is 0.395. The second-order valence-corrected chi connectivity index (χ2v) is 5.52. The molecule has 0 aromatic carbocycles. The third kappa shape index (κ3) is 6.26. The van der Waals surface area contributed by atoms with Crippen LogP contribution in [0.1, 0.15) is 0 Å². The van der Waals surface area contributed by atoms with Gasteiger partial charge in [-0.05, 0) is 22.2 Å². The molecule has 0 heterocycles. The van der Waals surface area contributed by atoms with Gasteiger partial charge in [-0.15, -0.1) is 0 Å². The number of rotatable bonds is 3. The van der Waals surface area contributed by atoms with E-state index in [1.165, 1.54) is 0 Å². The highest BCUT2D eigenvalue weighted by Crippen LogP contribution is 1.78. The summed E-state index contributed by atoms with van der Waals surface area (Å²) in [5.74, 6) is 0. The molecule has 0 unspecified atom stereocenters. The van der Waals surface area contributed by atoms with E-state index in [0.29, 0.717) is 9.13 Å². The molecule has 3 heteroatoms. The van der Waals surface area contributed by atoms with E-state index in [4.69, 9.17) is 4.43 Å². The second-order valence-electron chi connectivity index (χ2n) is 1.95. The average Bonchev–Trinajstić information content (AvgIpc) is 1.66. The van der Waals surface area contributed by atoms with Crippen molar-refractivity contribution < 1.29 is 4.43 Å². The standard InChI is InChI=1S/C5H14OSi2/c1-7-5-4-6-8(2)3/h5,7-8H,4H2,1-3H3. The third-order valence-electron chi connectivity index (χ3n) is 0.761. The van der Waals surface area contributed by atoms with Crippen molar-refractivity contribution in [2.45, 2.75) is 19.6 Å². The van der Waals surface area contributed by atoms with E-state index in [9.17, 15) is 0 Å². The Hall–Kier alpha value is 0.264. The molecule has 0 radical (unpaired) electrons. The fourth-order valence-corrected chi connectivity index (χ4v) is 1.37. The smallest absolute Gasteiger partial charge is 0.171 e. The fourth-order valence-electron chi connectivity index (χ4n) is 0.344. The highest BCUT2D eigenvalue weighted by Gasteiger charge is 1.89. The summed E-state index contributed by atoms with van der Waals surface area (Å²) in [6.07, 6.45) is 0. The zero-order chi connectivity index (χ0) is 6.41. The summed E-state index contributed by atoms with van der Waals surface area (Å²) in [7, 11) is -0.184.